The number of rotatable bonds is 9. The van der Waals surface area contributed by atoms with E-state index >= 15 is 0 Å². The maximum absolute atomic E-state index is 12.5. The van der Waals surface area contributed by atoms with E-state index in [0.717, 1.165) is 10.0 Å². The molecule has 0 fully saturated rings. The van der Waals surface area contributed by atoms with Crippen molar-refractivity contribution >= 4 is 43.5 Å². The van der Waals surface area contributed by atoms with Crippen LogP contribution in [0.25, 0.3) is 0 Å². The van der Waals surface area contributed by atoms with Crippen molar-refractivity contribution in [2.75, 3.05) is 17.9 Å². The molecule has 0 bridgehead atoms. The molecule has 0 atom stereocenters. The average molecular weight is 531 g/mol. The van der Waals surface area contributed by atoms with E-state index in [-0.39, 0.29) is 23.0 Å². The quantitative estimate of drug-likeness (QED) is 0.412. The first-order chi connectivity index (χ1) is 15.8. The van der Waals surface area contributed by atoms with E-state index in [1.807, 2.05) is 37.3 Å². The molecule has 3 aromatic rings. The second kappa shape index (κ2) is 11.1. The van der Waals surface area contributed by atoms with Crippen LogP contribution in [0.15, 0.2) is 88.2 Å². The molecule has 0 radical (unpaired) electrons. The first kappa shape index (κ1) is 24.5. The van der Waals surface area contributed by atoms with Crippen LogP contribution < -0.4 is 4.72 Å². The van der Waals surface area contributed by atoms with Gasteiger partial charge in [-0.3, -0.25) is 9.52 Å². The standard InChI is InChI=1S/C24H23BrN2O5S/c1-2-27(16-18-6-4-3-5-7-18)23(28)17-32-24(29)19-8-12-21(13-9-19)26-33(30,31)22-14-10-20(25)11-15-22/h3-15,26H,2,16-17H2,1H3. The predicted molar refractivity (Wildman–Crippen MR) is 129 cm³/mol. The Morgan fingerprint density at radius 1 is 0.939 bits per heavy atom. The molecule has 9 heteroatoms. The Kier molecular flexibility index (Phi) is 8.24. The zero-order valence-electron chi connectivity index (χ0n) is 17.9. The molecular formula is C24H23BrN2O5S. The van der Waals surface area contributed by atoms with E-state index in [9.17, 15) is 18.0 Å². The second-order valence-electron chi connectivity index (χ2n) is 7.11. The van der Waals surface area contributed by atoms with Crippen LogP contribution in [-0.4, -0.2) is 38.3 Å². The summed E-state index contributed by atoms with van der Waals surface area (Å²) in [5, 5.41) is 0. The van der Waals surface area contributed by atoms with Crippen molar-refractivity contribution in [2.24, 2.45) is 0 Å². The lowest BCUT2D eigenvalue weighted by Gasteiger charge is -2.20. The van der Waals surface area contributed by atoms with E-state index in [1.54, 1.807) is 17.0 Å². The highest BCUT2D eigenvalue weighted by Crippen LogP contribution is 2.19. The molecule has 0 heterocycles. The van der Waals surface area contributed by atoms with Crippen LogP contribution in [0.1, 0.15) is 22.8 Å². The molecule has 0 aromatic heterocycles. The molecule has 0 aliphatic rings. The highest BCUT2D eigenvalue weighted by atomic mass is 79.9. The average Bonchev–Trinajstić information content (AvgIpc) is 2.82. The number of nitrogens with zero attached hydrogens (tertiary/aromatic N) is 1. The van der Waals surface area contributed by atoms with Gasteiger partial charge in [0.05, 0.1) is 10.5 Å². The van der Waals surface area contributed by atoms with E-state index in [0.29, 0.717) is 18.8 Å². The Morgan fingerprint density at radius 3 is 2.18 bits per heavy atom. The van der Waals surface area contributed by atoms with Gasteiger partial charge < -0.3 is 9.64 Å². The van der Waals surface area contributed by atoms with Crippen LogP contribution >= 0.6 is 15.9 Å². The molecule has 33 heavy (non-hydrogen) atoms. The molecule has 3 rings (SSSR count). The van der Waals surface area contributed by atoms with Crippen LogP contribution in [0.4, 0.5) is 5.69 Å². The minimum atomic E-state index is -3.76. The number of hydrogen-bond acceptors (Lipinski definition) is 5. The van der Waals surface area contributed by atoms with Gasteiger partial charge in [-0.1, -0.05) is 46.3 Å². The lowest BCUT2D eigenvalue weighted by Crippen LogP contribution is -2.34. The lowest BCUT2D eigenvalue weighted by atomic mass is 10.2. The van der Waals surface area contributed by atoms with Gasteiger partial charge in [-0.05, 0) is 61.0 Å². The summed E-state index contributed by atoms with van der Waals surface area (Å²) < 4.78 is 33.3. The molecule has 0 aliphatic heterocycles. The molecule has 172 valence electrons. The zero-order valence-corrected chi connectivity index (χ0v) is 20.3. The third-order valence-corrected chi connectivity index (χ3v) is 6.70. The van der Waals surface area contributed by atoms with Gasteiger partial charge in [-0.25, -0.2) is 13.2 Å². The third-order valence-electron chi connectivity index (χ3n) is 4.77. The smallest absolute Gasteiger partial charge is 0.338 e. The van der Waals surface area contributed by atoms with Crippen LogP contribution in [0.5, 0.6) is 0 Å². The monoisotopic (exact) mass is 530 g/mol. The van der Waals surface area contributed by atoms with Gasteiger partial charge >= 0.3 is 5.97 Å². The number of anilines is 1. The van der Waals surface area contributed by atoms with Crippen molar-refractivity contribution in [1.29, 1.82) is 0 Å². The number of ether oxygens (including phenoxy) is 1. The van der Waals surface area contributed by atoms with Crippen molar-refractivity contribution in [3.63, 3.8) is 0 Å². The van der Waals surface area contributed by atoms with Crippen LogP contribution in [0, 0.1) is 0 Å². The van der Waals surface area contributed by atoms with Gasteiger partial charge in [0.25, 0.3) is 15.9 Å². The van der Waals surface area contributed by atoms with Gasteiger partial charge in [0, 0.05) is 23.2 Å². The number of halogens is 1. The minimum absolute atomic E-state index is 0.115. The fourth-order valence-electron chi connectivity index (χ4n) is 2.98. The molecule has 0 spiro atoms. The Hall–Kier alpha value is -3.17. The Labute approximate surface area is 201 Å². The summed E-state index contributed by atoms with van der Waals surface area (Å²) in [7, 11) is -3.76. The van der Waals surface area contributed by atoms with Gasteiger partial charge in [-0.2, -0.15) is 0 Å². The number of hydrogen-bond donors (Lipinski definition) is 1. The van der Waals surface area contributed by atoms with Crippen molar-refractivity contribution in [3.8, 4) is 0 Å². The largest absolute Gasteiger partial charge is 0.452 e. The first-order valence-electron chi connectivity index (χ1n) is 10.2. The second-order valence-corrected chi connectivity index (χ2v) is 9.70. The number of sulfonamides is 1. The number of carbonyl (C=O) groups excluding carboxylic acids is 2. The maximum atomic E-state index is 12.5. The molecule has 0 aliphatic carbocycles. The normalized spacial score (nSPS) is 11.0. The third kappa shape index (κ3) is 6.90. The Morgan fingerprint density at radius 2 is 1.58 bits per heavy atom. The number of benzene rings is 3. The molecule has 0 unspecified atom stereocenters. The van der Waals surface area contributed by atoms with E-state index in [2.05, 4.69) is 20.7 Å². The summed E-state index contributed by atoms with van der Waals surface area (Å²) in [6.07, 6.45) is 0. The van der Waals surface area contributed by atoms with Crippen molar-refractivity contribution in [2.45, 2.75) is 18.4 Å². The van der Waals surface area contributed by atoms with Crippen LogP contribution in [0.2, 0.25) is 0 Å². The predicted octanol–water partition coefficient (Wildman–Crippen LogP) is 4.46. The highest BCUT2D eigenvalue weighted by molar-refractivity contribution is 9.10. The molecule has 1 N–H and O–H groups in total. The Balaban J connectivity index is 1.56. The van der Waals surface area contributed by atoms with E-state index in [1.165, 1.54) is 36.4 Å². The SMILES string of the molecule is CCN(Cc1ccccc1)C(=O)COC(=O)c1ccc(NS(=O)(=O)c2ccc(Br)cc2)cc1. The molecule has 7 nitrogen and oxygen atoms in total. The minimum Gasteiger partial charge on any atom is -0.452 e. The molecule has 0 saturated heterocycles. The van der Waals surface area contributed by atoms with Crippen molar-refractivity contribution in [1.82, 2.24) is 4.90 Å². The number of carbonyl (C=O) groups is 2. The summed E-state index contributed by atoms with van der Waals surface area (Å²) in [4.78, 5) is 26.5. The summed E-state index contributed by atoms with van der Waals surface area (Å²) in [5.41, 5.74) is 1.49. The zero-order chi connectivity index (χ0) is 23.8. The Bertz CT molecular complexity index is 1200. The summed E-state index contributed by atoms with van der Waals surface area (Å²) in [6.45, 7) is 2.40. The number of nitrogens with one attached hydrogen (secondary N) is 1. The summed E-state index contributed by atoms with van der Waals surface area (Å²) >= 11 is 3.27. The van der Waals surface area contributed by atoms with Gasteiger partial charge in [0.1, 0.15) is 0 Å². The van der Waals surface area contributed by atoms with Crippen LogP contribution in [-0.2, 0) is 26.1 Å². The molecule has 3 aromatic carbocycles. The van der Waals surface area contributed by atoms with Crippen molar-refractivity contribution < 1.29 is 22.7 Å². The maximum Gasteiger partial charge on any atom is 0.338 e. The van der Waals surface area contributed by atoms with Crippen LogP contribution in [0.3, 0.4) is 0 Å². The number of likely N-dealkylation sites (N-methyl/N-ethyl adjacent to an activating group) is 1. The summed E-state index contributed by atoms with van der Waals surface area (Å²) in [6, 6.07) is 21.6. The topological polar surface area (TPSA) is 92.8 Å². The van der Waals surface area contributed by atoms with Crippen molar-refractivity contribution in [3.05, 3.63) is 94.5 Å². The van der Waals surface area contributed by atoms with E-state index in [4.69, 9.17) is 4.74 Å². The van der Waals surface area contributed by atoms with Gasteiger partial charge in [-0.15, -0.1) is 0 Å². The summed E-state index contributed by atoms with van der Waals surface area (Å²) in [5.74, 6) is -0.963. The molecule has 0 saturated carbocycles. The fraction of sp³-hybridized carbons (Fsp3) is 0.167. The highest BCUT2D eigenvalue weighted by Gasteiger charge is 2.17. The van der Waals surface area contributed by atoms with Gasteiger partial charge in [0.2, 0.25) is 0 Å². The molecular weight excluding hydrogens is 508 g/mol. The number of amides is 1. The van der Waals surface area contributed by atoms with Gasteiger partial charge in [0.15, 0.2) is 6.61 Å². The molecule has 1 amide bonds. The van der Waals surface area contributed by atoms with E-state index < -0.39 is 16.0 Å². The number of esters is 1. The lowest BCUT2D eigenvalue weighted by molar-refractivity contribution is -0.134. The fourth-order valence-corrected chi connectivity index (χ4v) is 4.31. The first-order valence-corrected chi connectivity index (χ1v) is 12.4.